The van der Waals surface area contributed by atoms with Crippen molar-refractivity contribution in [2.45, 2.75) is 19.4 Å². The number of carbonyl (C=O) groups excluding carboxylic acids is 1. The van der Waals surface area contributed by atoms with Gasteiger partial charge < -0.3 is 15.0 Å². The first kappa shape index (κ1) is 16.6. The van der Waals surface area contributed by atoms with Gasteiger partial charge in [-0.15, -0.1) is 0 Å². The lowest BCUT2D eigenvalue weighted by Gasteiger charge is -2.23. The quantitative estimate of drug-likeness (QED) is 0.825. The summed E-state index contributed by atoms with van der Waals surface area (Å²) in [5.74, 6) is 0.979. The Morgan fingerprint density at radius 1 is 1.45 bits per heavy atom. The third kappa shape index (κ3) is 4.62. The van der Waals surface area contributed by atoms with Crippen molar-refractivity contribution in [1.29, 1.82) is 0 Å². The first-order valence-electron chi connectivity index (χ1n) is 7.28. The molecule has 1 unspecified atom stereocenters. The van der Waals surface area contributed by atoms with Gasteiger partial charge in [0.15, 0.2) is 9.84 Å². The molecule has 1 aromatic rings. The SMILES string of the molecule is Cc1cccc(OCCNC(=O)N(C)C2CCS(=O)(=O)C2)c1. The molecular weight excluding hydrogens is 304 g/mol. The van der Waals surface area contributed by atoms with E-state index < -0.39 is 9.84 Å². The van der Waals surface area contributed by atoms with Crippen molar-refractivity contribution >= 4 is 15.9 Å². The minimum absolute atomic E-state index is 0.0523. The van der Waals surface area contributed by atoms with Crippen LogP contribution in [-0.2, 0) is 9.84 Å². The second-order valence-corrected chi connectivity index (χ2v) is 7.79. The van der Waals surface area contributed by atoms with Gasteiger partial charge in [0.05, 0.1) is 18.1 Å². The third-order valence-electron chi connectivity index (χ3n) is 3.71. The number of nitrogens with one attached hydrogen (secondary N) is 1. The van der Waals surface area contributed by atoms with Crippen molar-refractivity contribution in [2.75, 3.05) is 31.7 Å². The summed E-state index contributed by atoms with van der Waals surface area (Å²) in [4.78, 5) is 13.4. The van der Waals surface area contributed by atoms with E-state index in [0.717, 1.165) is 11.3 Å². The number of rotatable bonds is 5. The van der Waals surface area contributed by atoms with E-state index in [-0.39, 0.29) is 23.6 Å². The number of benzene rings is 1. The summed E-state index contributed by atoms with van der Waals surface area (Å²) in [6, 6.07) is 7.19. The van der Waals surface area contributed by atoms with E-state index >= 15 is 0 Å². The summed E-state index contributed by atoms with van der Waals surface area (Å²) in [6.07, 6.45) is 0.506. The van der Waals surface area contributed by atoms with Crippen molar-refractivity contribution in [3.63, 3.8) is 0 Å². The van der Waals surface area contributed by atoms with E-state index in [0.29, 0.717) is 19.6 Å². The number of aryl methyl sites for hydroxylation is 1. The van der Waals surface area contributed by atoms with Crippen LogP contribution in [0.25, 0.3) is 0 Å². The smallest absolute Gasteiger partial charge is 0.317 e. The van der Waals surface area contributed by atoms with Crippen molar-refractivity contribution in [3.05, 3.63) is 29.8 Å². The Labute approximate surface area is 131 Å². The Bertz CT molecular complexity index is 630. The highest BCUT2D eigenvalue weighted by Crippen LogP contribution is 2.16. The largest absolute Gasteiger partial charge is 0.492 e. The van der Waals surface area contributed by atoms with Gasteiger partial charge in [0.2, 0.25) is 0 Å². The third-order valence-corrected chi connectivity index (χ3v) is 5.46. The fraction of sp³-hybridized carbons (Fsp3) is 0.533. The number of carbonyl (C=O) groups is 1. The molecule has 0 aromatic heterocycles. The average molecular weight is 326 g/mol. The molecule has 0 bridgehead atoms. The van der Waals surface area contributed by atoms with Crippen molar-refractivity contribution < 1.29 is 17.9 Å². The predicted octanol–water partition coefficient (Wildman–Crippen LogP) is 1.20. The first-order chi connectivity index (χ1) is 10.4. The number of hydrogen-bond donors (Lipinski definition) is 1. The Balaban J connectivity index is 1.71. The average Bonchev–Trinajstić information content (AvgIpc) is 2.83. The van der Waals surface area contributed by atoms with Gasteiger partial charge in [-0.3, -0.25) is 0 Å². The molecule has 0 spiro atoms. The van der Waals surface area contributed by atoms with E-state index in [2.05, 4.69) is 5.32 Å². The molecular formula is C15H22N2O4S. The van der Waals surface area contributed by atoms with Crippen LogP contribution in [0.2, 0.25) is 0 Å². The fourth-order valence-corrected chi connectivity index (χ4v) is 4.18. The summed E-state index contributed by atoms with van der Waals surface area (Å²) in [5, 5.41) is 2.74. The van der Waals surface area contributed by atoms with E-state index in [1.165, 1.54) is 4.90 Å². The van der Waals surface area contributed by atoms with Crippen LogP contribution in [-0.4, -0.2) is 57.1 Å². The Morgan fingerprint density at radius 3 is 2.86 bits per heavy atom. The maximum absolute atomic E-state index is 12.0. The zero-order chi connectivity index (χ0) is 16.2. The number of amides is 2. The molecule has 1 aliphatic rings. The second kappa shape index (κ2) is 7.00. The molecule has 0 aliphatic carbocycles. The van der Waals surface area contributed by atoms with Gasteiger partial charge in [-0.1, -0.05) is 12.1 Å². The highest BCUT2D eigenvalue weighted by molar-refractivity contribution is 7.91. The lowest BCUT2D eigenvalue weighted by atomic mass is 10.2. The lowest BCUT2D eigenvalue weighted by Crippen LogP contribution is -2.45. The van der Waals surface area contributed by atoms with Crippen LogP contribution >= 0.6 is 0 Å². The summed E-state index contributed by atoms with van der Waals surface area (Å²) in [5.41, 5.74) is 1.11. The second-order valence-electron chi connectivity index (χ2n) is 5.56. The zero-order valence-corrected chi connectivity index (χ0v) is 13.7. The monoisotopic (exact) mass is 326 g/mol. The van der Waals surface area contributed by atoms with Crippen molar-refractivity contribution in [1.82, 2.24) is 10.2 Å². The minimum atomic E-state index is -2.99. The van der Waals surface area contributed by atoms with Crippen LogP contribution in [0.4, 0.5) is 4.79 Å². The van der Waals surface area contributed by atoms with Crippen LogP contribution in [0.5, 0.6) is 5.75 Å². The topological polar surface area (TPSA) is 75.7 Å². The zero-order valence-electron chi connectivity index (χ0n) is 12.9. The first-order valence-corrected chi connectivity index (χ1v) is 9.10. The molecule has 0 radical (unpaired) electrons. The Hall–Kier alpha value is -1.76. The molecule has 1 atom stereocenters. The van der Waals surface area contributed by atoms with E-state index in [4.69, 9.17) is 4.74 Å². The van der Waals surface area contributed by atoms with E-state index in [1.54, 1.807) is 7.05 Å². The number of nitrogens with zero attached hydrogens (tertiary/aromatic N) is 1. The van der Waals surface area contributed by atoms with E-state index in [9.17, 15) is 13.2 Å². The molecule has 1 aromatic carbocycles. The molecule has 22 heavy (non-hydrogen) atoms. The van der Waals surface area contributed by atoms with Gasteiger partial charge in [-0.2, -0.15) is 0 Å². The predicted molar refractivity (Wildman–Crippen MR) is 84.9 cm³/mol. The number of urea groups is 1. The van der Waals surface area contributed by atoms with E-state index in [1.807, 2.05) is 31.2 Å². The Morgan fingerprint density at radius 2 is 2.23 bits per heavy atom. The van der Waals surface area contributed by atoms with Gasteiger partial charge in [0, 0.05) is 13.1 Å². The molecule has 1 N–H and O–H groups in total. The number of ether oxygens (including phenoxy) is 1. The molecule has 1 fully saturated rings. The lowest BCUT2D eigenvalue weighted by molar-refractivity contribution is 0.192. The molecule has 2 rings (SSSR count). The van der Waals surface area contributed by atoms with Gasteiger partial charge in [0.1, 0.15) is 12.4 Å². The molecule has 0 saturated carbocycles. The molecule has 1 saturated heterocycles. The van der Waals surface area contributed by atoms with Crippen LogP contribution < -0.4 is 10.1 Å². The maximum Gasteiger partial charge on any atom is 0.317 e. The van der Waals surface area contributed by atoms with Gasteiger partial charge in [0.25, 0.3) is 0 Å². The summed E-state index contributed by atoms with van der Waals surface area (Å²) in [6.45, 7) is 2.72. The van der Waals surface area contributed by atoms with Gasteiger partial charge in [-0.25, -0.2) is 13.2 Å². The molecule has 2 amide bonds. The summed E-state index contributed by atoms with van der Waals surface area (Å²) < 4.78 is 28.4. The molecule has 1 heterocycles. The van der Waals surface area contributed by atoms with Crippen molar-refractivity contribution in [2.24, 2.45) is 0 Å². The minimum Gasteiger partial charge on any atom is -0.492 e. The molecule has 6 nitrogen and oxygen atoms in total. The van der Waals surface area contributed by atoms with Crippen molar-refractivity contribution in [3.8, 4) is 5.75 Å². The molecule has 7 heteroatoms. The normalized spacial score (nSPS) is 19.6. The van der Waals surface area contributed by atoms with Crippen LogP contribution in [0.3, 0.4) is 0 Å². The van der Waals surface area contributed by atoms with Gasteiger partial charge >= 0.3 is 6.03 Å². The highest BCUT2D eigenvalue weighted by atomic mass is 32.2. The summed E-state index contributed by atoms with van der Waals surface area (Å²) in [7, 11) is -1.36. The van der Waals surface area contributed by atoms with Crippen LogP contribution in [0, 0.1) is 6.92 Å². The van der Waals surface area contributed by atoms with Gasteiger partial charge in [-0.05, 0) is 31.0 Å². The maximum atomic E-state index is 12.0. The van der Waals surface area contributed by atoms with Crippen LogP contribution in [0.15, 0.2) is 24.3 Å². The highest BCUT2D eigenvalue weighted by Gasteiger charge is 2.32. The standard InChI is InChI=1S/C15H22N2O4S/c1-12-4-3-5-14(10-12)21-8-7-16-15(18)17(2)13-6-9-22(19,20)11-13/h3-5,10,13H,6-9,11H2,1-2H3,(H,16,18). The number of hydrogen-bond acceptors (Lipinski definition) is 4. The Kier molecular flexibility index (Phi) is 5.28. The fourth-order valence-electron chi connectivity index (χ4n) is 2.40. The summed E-state index contributed by atoms with van der Waals surface area (Å²) >= 11 is 0. The molecule has 1 aliphatic heterocycles. The van der Waals surface area contributed by atoms with Crippen LogP contribution in [0.1, 0.15) is 12.0 Å². The number of sulfone groups is 1. The molecule has 122 valence electrons.